The zero-order valence-electron chi connectivity index (χ0n) is 43.2. The number of carbonyl (C=O) groups excluding carboxylic acids is 1. The van der Waals surface area contributed by atoms with E-state index in [9.17, 15) is 45.6 Å². The largest absolute Gasteiger partial charge is 0.394 e. The molecule has 0 radical (unpaired) electrons. The number of amides is 1. The third-order valence-electron chi connectivity index (χ3n) is 12.5. The third-order valence-corrected chi connectivity index (χ3v) is 12.5. The van der Waals surface area contributed by atoms with Gasteiger partial charge in [-0.15, -0.1) is 0 Å². The Kier molecular flexibility index (Phi) is 38.1. The molecule has 1 amide bonds. The van der Waals surface area contributed by atoms with Crippen molar-refractivity contribution < 1.29 is 64.6 Å². The fraction of sp³-hybridized carbons (Fsp3) is 0.702. The van der Waals surface area contributed by atoms with E-state index >= 15 is 0 Å². The molecule has 0 bridgehead atoms. The second kappa shape index (κ2) is 42.3. The van der Waals surface area contributed by atoms with Crippen LogP contribution in [0, 0.1) is 0 Å². The number of allylic oxidation sites excluding steroid dienone is 15. The molecule has 2 rings (SSSR count). The fourth-order valence-corrected chi connectivity index (χ4v) is 8.12. The van der Waals surface area contributed by atoms with Gasteiger partial charge in [-0.05, 0) is 77.0 Å². The Balaban J connectivity index is 1.68. The van der Waals surface area contributed by atoms with E-state index in [1.54, 1.807) is 6.08 Å². The summed E-state index contributed by atoms with van der Waals surface area (Å²) in [6, 6.07) is -0.937. The molecular formula is C57H95NO13. The van der Waals surface area contributed by atoms with Crippen LogP contribution in [0.2, 0.25) is 0 Å². The van der Waals surface area contributed by atoms with E-state index in [4.69, 9.17) is 18.9 Å². The van der Waals surface area contributed by atoms with E-state index in [2.05, 4.69) is 104 Å². The summed E-state index contributed by atoms with van der Waals surface area (Å²) in [5.74, 6) is -0.264. The molecule has 0 aromatic rings. The molecule has 0 saturated carbocycles. The lowest BCUT2D eigenvalue weighted by Gasteiger charge is -2.46. The topological polar surface area (TPSA) is 228 Å². The van der Waals surface area contributed by atoms with Gasteiger partial charge in [0.15, 0.2) is 12.6 Å². The average Bonchev–Trinajstić information content (AvgIpc) is 3.37. The van der Waals surface area contributed by atoms with Gasteiger partial charge in [0.1, 0.15) is 48.8 Å². The Morgan fingerprint density at radius 2 is 0.986 bits per heavy atom. The molecule has 0 aliphatic carbocycles. The first-order valence-corrected chi connectivity index (χ1v) is 27.0. The molecule has 71 heavy (non-hydrogen) atoms. The maximum atomic E-state index is 13.1. The van der Waals surface area contributed by atoms with Gasteiger partial charge in [0.25, 0.3) is 0 Å². The zero-order valence-corrected chi connectivity index (χ0v) is 43.2. The number of hydrogen-bond donors (Lipinski definition) is 9. The average molecular weight is 1000 g/mol. The van der Waals surface area contributed by atoms with E-state index in [0.29, 0.717) is 12.8 Å². The Labute approximate surface area is 426 Å². The maximum absolute atomic E-state index is 13.1. The lowest BCUT2D eigenvalue weighted by atomic mass is 9.97. The standard InChI is InChI=1S/C57H95NO13/c1-3-5-7-9-11-13-14-15-16-17-18-19-20-21-22-23-24-25-26-27-28-29-30-31-32-33-35-37-39-41-49(62)58-45(46(61)40-38-36-34-12-10-8-6-4-2)44-68-56-54(67)52(65)55(48(43-60)70-56)71-57-53(66)51(64)50(63)47(42-59)69-57/h5,7,10-13,15-16,18-19,21-22,24-25,38,40,45-48,50-57,59-61,63-67H,3-4,6,8-9,14,17,20,23,26-37,39,41-44H2,1-2H3,(H,58,62)/b7-5-,12-10+,13-11-,16-15-,19-18-,22-21-,25-24-,40-38+. The van der Waals surface area contributed by atoms with Crippen LogP contribution in [0.1, 0.15) is 162 Å². The first-order chi connectivity index (χ1) is 34.6. The molecule has 406 valence electrons. The molecule has 0 spiro atoms. The van der Waals surface area contributed by atoms with Crippen LogP contribution in [0.15, 0.2) is 97.2 Å². The van der Waals surface area contributed by atoms with Gasteiger partial charge in [0, 0.05) is 6.42 Å². The summed E-state index contributed by atoms with van der Waals surface area (Å²) in [5, 5.41) is 86.5. The molecule has 2 fully saturated rings. The lowest BCUT2D eigenvalue weighted by molar-refractivity contribution is -0.359. The Hall–Kier alpha value is -3.09. The number of nitrogens with one attached hydrogen (secondary N) is 1. The first-order valence-electron chi connectivity index (χ1n) is 27.0. The van der Waals surface area contributed by atoms with Crippen molar-refractivity contribution in [1.82, 2.24) is 5.32 Å². The second-order valence-corrected chi connectivity index (χ2v) is 18.6. The van der Waals surface area contributed by atoms with Gasteiger partial charge >= 0.3 is 0 Å². The number of aliphatic hydroxyl groups excluding tert-OH is 8. The number of rotatable bonds is 40. The van der Waals surface area contributed by atoms with Crippen molar-refractivity contribution in [3.63, 3.8) is 0 Å². The molecule has 14 heteroatoms. The zero-order chi connectivity index (χ0) is 51.7. The normalized spacial score (nSPS) is 26.6. The van der Waals surface area contributed by atoms with Crippen LogP contribution in [0.4, 0.5) is 0 Å². The molecule has 2 heterocycles. The molecule has 0 aromatic heterocycles. The van der Waals surface area contributed by atoms with Gasteiger partial charge in [-0.3, -0.25) is 4.79 Å². The van der Waals surface area contributed by atoms with Crippen molar-refractivity contribution in [3.8, 4) is 0 Å². The smallest absolute Gasteiger partial charge is 0.220 e. The van der Waals surface area contributed by atoms with Crippen LogP contribution >= 0.6 is 0 Å². The van der Waals surface area contributed by atoms with Crippen molar-refractivity contribution in [2.75, 3.05) is 19.8 Å². The van der Waals surface area contributed by atoms with Crippen molar-refractivity contribution >= 4 is 5.91 Å². The number of hydrogen-bond acceptors (Lipinski definition) is 13. The van der Waals surface area contributed by atoms with Gasteiger partial charge < -0.3 is 65.1 Å². The first kappa shape index (κ1) is 64.0. The minimum absolute atomic E-state index is 0.261. The van der Waals surface area contributed by atoms with Crippen LogP contribution in [-0.2, 0) is 23.7 Å². The van der Waals surface area contributed by atoms with Gasteiger partial charge in [0.05, 0.1) is 32.0 Å². The van der Waals surface area contributed by atoms with Crippen molar-refractivity contribution in [2.24, 2.45) is 0 Å². The summed E-state index contributed by atoms with van der Waals surface area (Å²) in [5.41, 5.74) is 0. The third kappa shape index (κ3) is 28.8. The number of aliphatic hydroxyl groups is 8. The predicted octanol–water partition coefficient (Wildman–Crippen LogP) is 7.93. The molecule has 12 atom stereocenters. The molecule has 9 N–H and O–H groups in total. The lowest BCUT2D eigenvalue weighted by Crippen LogP contribution is -2.65. The monoisotopic (exact) mass is 1000 g/mol. The summed E-state index contributed by atoms with van der Waals surface area (Å²) >= 11 is 0. The van der Waals surface area contributed by atoms with Crippen LogP contribution in [-0.4, -0.2) is 140 Å². The summed E-state index contributed by atoms with van der Waals surface area (Å²) in [6.45, 7) is 2.54. The minimum Gasteiger partial charge on any atom is -0.394 e. The molecule has 2 saturated heterocycles. The molecule has 14 nitrogen and oxygen atoms in total. The van der Waals surface area contributed by atoms with Crippen LogP contribution < -0.4 is 5.32 Å². The molecule has 0 aromatic carbocycles. The summed E-state index contributed by atoms with van der Waals surface area (Å²) < 4.78 is 22.6. The molecular weight excluding hydrogens is 907 g/mol. The summed E-state index contributed by atoms with van der Waals surface area (Å²) in [6.07, 6.45) is 40.5. The predicted molar refractivity (Wildman–Crippen MR) is 281 cm³/mol. The Morgan fingerprint density at radius 1 is 0.521 bits per heavy atom. The number of carbonyl (C=O) groups is 1. The fourth-order valence-electron chi connectivity index (χ4n) is 8.12. The quantitative estimate of drug-likeness (QED) is 0.0210. The van der Waals surface area contributed by atoms with Crippen molar-refractivity contribution in [1.29, 1.82) is 0 Å². The van der Waals surface area contributed by atoms with Crippen LogP contribution in [0.25, 0.3) is 0 Å². The number of unbranched alkanes of at least 4 members (excludes halogenated alkanes) is 13. The Morgan fingerprint density at radius 3 is 1.55 bits per heavy atom. The summed E-state index contributed by atoms with van der Waals surface area (Å²) in [7, 11) is 0. The van der Waals surface area contributed by atoms with Gasteiger partial charge in [-0.25, -0.2) is 0 Å². The highest BCUT2D eigenvalue weighted by molar-refractivity contribution is 5.76. The highest BCUT2D eigenvalue weighted by Crippen LogP contribution is 2.30. The Bertz CT molecular complexity index is 1560. The van der Waals surface area contributed by atoms with Crippen molar-refractivity contribution in [2.45, 2.75) is 235 Å². The van der Waals surface area contributed by atoms with Gasteiger partial charge in [-0.1, -0.05) is 175 Å². The van der Waals surface area contributed by atoms with Crippen LogP contribution in [0.3, 0.4) is 0 Å². The van der Waals surface area contributed by atoms with E-state index < -0.39 is 86.8 Å². The highest BCUT2D eigenvalue weighted by Gasteiger charge is 2.51. The highest BCUT2D eigenvalue weighted by atomic mass is 16.7. The van der Waals surface area contributed by atoms with E-state index in [-0.39, 0.29) is 18.9 Å². The molecule has 2 aliphatic rings. The van der Waals surface area contributed by atoms with E-state index in [0.717, 1.165) is 89.9 Å². The second-order valence-electron chi connectivity index (χ2n) is 18.6. The number of ether oxygens (including phenoxy) is 4. The van der Waals surface area contributed by atoms with Gasteiger partial charge in [0.2, 0.25) is 5.91 Å². The van der Waals surface area contributed by atoms with E-state index in [1.165, 1.54) is 38.5 Å². The SMILES string of the molecule is CC/C=C\C/C=C\C/C=C\C/C=C\C/C=C\C/C=C\CCCCCCCCCCCCC(=O)NC(COC1OC(CO)C(OC2OC(CO)C(O)C(O)C2O)C(O)C1O)C(O)/C=C/CC/C=C/CCCC. The molecule has 2 aliphatic heterocycles. The maximum Gasteiger partial charge on any atom is 0.220 e. The minimum atomic E-state index is -1.79. The van der Waals surface area contributed by atoms with Crippen LogP contribution in [0.5, 0.6) is 0 Å². The van der Waals surface area contributed by atoms with E-state index in [1.807, 2.05) is 6.08 Å². The van der Waals surface area contributed by atoms with Gasteiger partial charge in [-0.2, -0.15) is 0 Å². The summed E-state index contributed by atoms with van der Waals surface area (Å²) in [4.78, 5) is 13.1. The van der Waals surface area contributed by atoms with Crippen molar-refractivity contribution in [3.05, 3.63) is 97.2 Å². The molecule has 12 unspecified atom stereocenters.